The van der Waals surface area contributed by atoms with Crippen LogP contribution in [0.2, 0.25) is 5.02 Å². The molecule has 113 heavy (non-hydrogen) atoms. The number of halogens is 1. The predicted molar refractivity (Wildman–Crippen MR) is 446 cm³/mol. The molecule has 1 N–H and O–H groups in total. The van der Waals surface area contributed by atoms with E-state index < -0.39 is 27.6 Å². The zero-order valence-corrected chi connectivity index (χ0v) is 71.5. The number of carbonyl (C=O) groups is 6. The van der Waals surface area contributed by atoms with Crippen molar-refractivity contribution < 1.29 is 57.0 Å². The van der Waals surface area contributed by atoms with E-state index in [1.165, 1.54) is 31.4 Å². The number of nitrogens with zero attached hydrogens (tertiary/aromatic N) is 12. The average Bonchev–Trinajstić information content (AvgIpc) is 1.36. The molecule has 24 nitrogen and oxygen atoms in total. The number of hydrogen-bond donors (Lipinski definition) is 1. The Bertz CT molecular complexity index is 4470. The van der Waals surface area contributed by atoms with Gasteiger partial charge in [-0.15, -0.1) is 0 Å². The van der Waals surface area contributed by atoms with E-state index in [-0.39, 0.29) is 40.7 Å². The maximum absolute atomic E-state index is 15.0. The third-order valence-corrected chi connectivity index (χ3v) is 26.8. The number of benzene rings is 2. The predicted octanol–water partition coefficient (Wildman–Crippen LogP) is 12.2. The summed E-state index contributed by atoms with van der Waals surface area (Å²) in [5.74, 6) is -1.19. The monoisotopic (exact) mass is 1600 g/mol. The quantitative estimate of drug-likeness (QED) is 0.0387. The summed E-state index contributed by atoms with van der Waals surface area (Å²) in [7, 11) is 8.74. The number of fused-ring (bicyclic) bond motifs is 4. The lowest BCUT2D eigenvalue weighted by atomic mass is 9.68. The zero-order chi connectivity index (χ0) is 81.9. The van der Waals surface area contributed by atoms with Gasteiger partial charge in [-0.25, -0.2) is 18.6 Å². The molecule has 618 valence electrons. The largest absolute Gasteiger partial charge is 0.490 e. The fraction of sp³-hybridized carbons (Fsp3) is 0.586. The molecule has 2 aromatic carbocycles. The SMILES string of the molecule is CC(C)N1CCN(Cc2cc(C(=O)O)cn2C)C[C@H]1C.COC(=O)c1cc(C=O)n(C)c1.COC(=O)c1cc(CN2CCN(C(C)C)[C@H](C)C2)n(C)c1.CO[C@H]1/C=C/C[C@H](C)C[S@@](=O)(CC(=O)c2cc(CN3CCN(C(C)C)[C@H](C)C3)n(C)c2)=NC(=O)c2ccc3c(c2)N(C[C@@H]2CC[C@H]21)C[C@@]1(CCCc2cc(Cl)ccc21)CO3. The summed E-state index contributed by atoms with van der Waals surface area (Å²) < 4.78 is 49.2. The molecule has 1 spiro atoms. The summed E-state index contributed by atoms with van der Waals surface area (Å²) in [5, 5.41) is 9.78. The van der Waals surface area contributed by atoms with Gasteiger partial charge in [0.2, 0.25) is 0 Å². The molecule has 4 aromatic heterocycles. The van der Waals surface area contributed by atoms with E-state index in [0.717, 1.165) is 157 Å². The Labute approximate surface area is 675 Å². The minimum Gasteiger partial charge on any atom is -0.490 e. The molecular weight excluding hydrogens is 1470 g/mol. The first-order chi connectivity index (χ1) is 53.7. The number of aryl methyl sites for hydroxylation is 5. The Morgan fingerprint density at radius 3 is 1.67 bits per heavy atom. The smallest absolute Gasteiger partial charge is 0.339 e. The van der Waals surface area contributed by atoms with E-state index in [1.54, 1.807) is 43.3 Å². The van der Waals surface area contributed by atoms with Gasteiger partial charge in [0.25, 0.3) is 5.91 Å². The molecule has 7 aliphatic rings. The number of aldehydes is 1. The lowest BCUT2D eigenvalue weighted by Crippen LogP contribution is -2.53. The first kappa shape index (κ1) is 87.7. The Hall–Kier alpha value is -7.72. The van der Waals surface area contributed by atoms with Gasteiger partial charge < -0.3 is 47.2 Å². The normalized spacial score (nSPS) is 25.1. The number of carboxylic acids is 1. The van der Waals surface area contributed by atoms with Gasteiger partial charge >= 0.3 is 17.9 Å². The van der Waals surface area contributed by atoms with E-state index in [0.29, 0.717) is 101 Å². The number of aromatic nitrogens is 4. The van der Waals surface area contributed by atoms with E-state index in [4.69, 9.17) is 30.9 Å². The number of anilines is 1. The molecule has 9 heterocycles. The lowest BCUT2D eigenvalue weighted by Gasteiger charge is -2.46. The van der Waals surface area contributed by atoms with E-state index in [9.17, 15) is 28.8 Å². The number of carboxylic acid groups (broad SMARTS) is 1. The van der Waals surface area contributed by atoms with Gasteiger partial charge in [-0.1, -0.05) is 36.7 Å². The number of ether oxygens (including phenoxy) is 4. The molecule has 9 atom stereocenters. The van der Waals surface area contributed by atoms with Gasteiger partial charge in [-0.3, -0.25) is 43.8 Å². The van der Waals surface area contributed by atoms with Gasteiger partial charge in [0.05, 0.1) is 70.5 Å². The highest BCUT2D eigenvalue weighted by atomic mass is 35.5. The highest BCUT2D eigenvalue weighted by Gasteiger charge is 2.45. The van der Waals surface area contributed by atoms with Crippen molar-refractivity contribution in [2.24, 2.45) is 50.3 Å². The van der Waals surface area contributed by atoms with Crippen LogP contribution in [0.25, 0.3) is 0 Å². The molecule has 0 unspecified atom stereocenters. The Morgan fingerprint density at radius 1 is 0.664 bits per heavy atom. The molecule has 1 saturated carbocycles. The third kappa shape index (κ3) is 21.9. The van der Waals surface area contributed by atoms with Crippen LogP contribution in [0.3, 0.4) is 0 Å². The van der Waals surface area contributed by atoms with Crippen molar-refractivity contribution in [3.63, 3.8) is 0 Å². The van der Waals surface area contributed by atoms with Gasteiger partial charge in [0.15, 0.2) is 12.1 Å². The number of hydrogen-bond acceptors (Lipinski definition) is 18. The summed E-state index contributed by atoms with van der Waals surface area (Å²) in [6, 6.07) is 22.2. The van der Waals surface area contributed by atoms with E-state index in [1.807, 2.05) is 84.5 Å². The van der Waals surface area contributed by atoms with Gasteiger partial charge in [0.1, 0.15) is 5.75 Å². The number of aromatic carboxylic acids is 1. The van der Waals surface area contributed by atoms with E-state index >= 15 is 4.21 Å². The lowest BCUT2D eigenvalue weighted by molar-refractivity contribution is 0.0131. The van der Waals surface area contributed by atoms with Gasteiger partial charge in [-0.2, -0.15) is 4.36 Å². The topological polar surface area (TPSA) is 231 Å². The van der Waals surface area contributed by atoms with Crippen LogP contribution in [0.5, 0.6) is 5.75 Å². The Morgan fingerprint density at radius 2 is 1.19 bits per heavy atom. The molecule has 2 bridgehead atoms. The highest BCUT2D eigenvalue weighted by Crippen LogP contribution is 2.47. The van der Waals surface area contributed by atoms with Crippen LogP contribution in [0.1, 0.15) is 192 Å². The van der Waals surface area contributed by atoms with Crippen LogP contribution in [0.15, 0.2) is 102 Å². The number of piperazine rings is 3. The average molecular weight is 1600 g/mol. The zero-order valence-electron chi connectivity index (χ0n) is 69.9. The second-order valence-corrected chi connectivity index (χ2v) is 36.4. The van der Waals surface area contributed by atoms with Crippen molar-refractivity contribution in [3.8, 4) is 5.75 Å². The summed E-state index contributed by atoms with van der Waals surface area (Å²) in [6.45, 7) is 36.1. The van der Waals surface area contributed by atoms with E-state index in [2.05, 4.69) is 130 Å². The van der Waals surface area contributed by atoms with Crippen molar-refractivity contribution in [1.82, 2.24) is 47.7 Å². The Kier molecular flexibility index (Phi) is 30.1. The van der Waals surface area contributed by atoms with Crippen LogP contribution in [-0.4, -0.2) is 247 Å². The highest BCUT2D eigenvalue weighted by molar-refractivity contribution is 7.94. The van der Waals surface area contributed by atoms with Crippen LogP contribution in [-0.2, 0) is 83.6 Å². The van der Waals surface area contributed by atoms with Gasteiger partial charge in [0, 0.05) is 232 Å². The fourth-order valence-corrected chi connectivity index (χ4v) is 20.5. The molecule has 0 radical (unpaired) electrons. The molecule has 5 aliphatic heterocycles. The van der Waals surface area contributed by atoms with Crippen molar-refractivity contribution in [3.05, 3.63) is 164 Å². The molecular formula is C87H125ClN12O12S. The third-order valence-electron chi connectivity index (χ3n) is 24.3. The molecule has 1 amide bonds. The van der Waals surface area contributed by atoms with Crippen molar-refractivity contribution in [2.75, 3.05) is 116 Å². The number of methoxy groups -OCH3 is 3. The van der Waals surface area contributed by atoms with Crippen LogP contribution in [0.4, 0.5) is 5.69 Å². The first-order valence-electron chi connectivity index (χ1n) is 40.4. The van der Waals surface area contributed by atoms with Crippen molar-refractivity contribution >= 4 is 62.9 Å². The minimum atomic E-state index is -3.31. The second kappa shape index (κ2) is 38.8. The molecule has 6 aromatic rings. The number of ketones is 1. The number of amides is 1. The van der Waals surface area contributed by atoms with Crippen molar-refractivity contribution in [1.29, 1.82) is 0 Å². The molecule has 2 aliphatic carbocycles. The number of allylic oxidation sites excluding steroid dienone is 1. The molecule has 26 heteroatoms. The molecule has 3 saturated heterocycles. The van der Waals surface area contributed by atoms with Gasteiger partial charge in [-0.05, 0) is 184 Å². The molecule has 13 rings (SSSR count). The standard InChI is InChI=1S/C48H64ClN5O5S.C16H27N3O2.C15H25N3O2.C8H9NO3/c1-32(2)54-20-19-52(24-34(54)4)27-40-22-38(25-51(40)5)44(55)29-60(57)28-33(3)9-7-11-45(58-6)41-15-12-37(41)26-53-30-48(18-8-10-35-21-39(49)14-16-42(35)48)31-59-46-17-13-36(23-43(46)53)47(56)50-60;1-12(2)19-7-6-18(9-13(19)3)11-15-8-14(10-17(15)4)16(20)21-5;1-11(2)18-6-5-17(8-12(18)3)10-14-7-13(15(19)20)9-16(14)4;1-9-4-6(8(11)12-2)3-7(9)5-10/h7,11,13-14,16-17,21-23,25,32-34,37,41,45H,8-10,12,15,18-20,24,26-31H2,1-6H3;8,10,12-13H,6-7,9,11H2,1-5H3;7,9,11-12H,5-6,8,10H2,1-4H3,(H,19,20);3-5H,1-2H3/b11-7+;;;/t33-,34+,37-,41+,45-,48-,60+;13-;12-;/m011./s1. The number of rotatable bonds is 17. The van der Waals surface area contributed by atoms with Crippen LogP contribution < -0.4 is 9.64 Å². The second-order valence-electron chi connectivity index (χ2n) is 33.6. The number of esters is 2. The van der Waals surface area contributed by atoms with Crippen LogP contribution in [0, 0.1) is 17.8 Å². The molecule has 4 fully saturated rings. The summed E-state index contributed by atoms with van der Waals surface area (Å²) >= 11 is 6.50. The van der Waals surface area contributed by atoms with Crippen LogP contribution >= 0.6 is 11.6 Å². The fourth-order valence-electron chi connectivity index (χ4n) is 18.0. The first-order valence-corrected chi connectivity index (χ1v) is 42.7. The maximum atomic E-state index is 15.0. The summed E-state index contributed by atoms with van der Waals surface area (Å²) in [6.07, 6.45) is 17.7. The summed E-state index contributed by atoms with van der Waals surface area (Å²) in [5.41, 5.74) is 9.10. The minimum absolute atomic E-state index is 0.0452. The summed E-state index contributed by atoms with van der Waals surface area (Å²) in [4.78, 5) is 89.7. The Balaban J connectivity index is 0.000000205. The maximum Gasteiger partial charge on any atom is 0.339 e. The number of Topliss-reactive ketones (excluding diaryl/α,β-unsaturated/α-hetero) is 1. The number of carbonyl (C=O) groups excluding carboxylic acids is 5. The van der Waals surface area contributed by atoms with Crippen molar-refractivity contribution in [2.45, 2.75) is 175 Å².